The molecule has 0 radical (unpaired) electrons. The predicted octanol–water partition coefficient (Wildman–Crippen LogP) is 3.44. The molecule has 3 nitrogen and oxygen atoms in total. The van der Waals surface area contributed by atoms with Gasteiger partial charge in [-0.25, -0.2) is 4.79 Å². The Morgan fingerprint density at radius 1 is 1.22 bits per heavy atom. The molecule has 0 saturated carbocycles. The summed E-state index contributed by atoms with van der Waals surface area (Å²) in [6.45, 7) is 8.18. The van der Waals surface area contributed by atoms with Gasteiger partial charge in [-0.2, -0.15) is 0 Å². The average Bonchev–Trinajstić information content (AvgIpc) is 2.26. The Morgan fingerprint density at radius 3 is 2.33 bits per heavy atom. The normalized spacial score (nSPS) is 11.6. The number of rotatable bonds is 4. The van der Waals surface area contributed by atoms with Gasteiger partial charge in [0.05, 0.1) is 6.61 Å². The van der Waals surface area contributed by atoms with Crippen LogP contribution in [0.5, 0.6) is 5.75 Å². The molecule has 0 heterocycles. The minimum atomic E-state index is -0.326. The van der Waals surface area contributed by atoms with Crippen LogP contribution in [0.1, 0.15) is 33.3 Å². The minimum Gasteiger partial charge on any atom is -0.488 e. The van der Waals surface area contributed by atoms with Gasteiger partial charge in [0.25, 0.3) is 0 Å². The third-order valence-electron chi connectivity index (χ3n) is 2.00. The Hall–Kier alpha value is -1.77. The molecule has 0 aromatic heterocycles. The molecule has 1 aromatic carbocycles. The summed E-state index contributed by atoms with van der Waals surface area (Å²) in [5.74, 6) is 0.489. The van der Waals surface area contributed by atoms with E-state index in [1.807, 2.05) is 45.0 Å². The number of esters is 1. The molecule has 0 atom stereocenters. The standard InChI is InChI=1S/C15H20O3/c1-5-17-14(16)11-8-12-6-9-13(10-7-12)18-15(2,3)4/h6-11H,5H2,1-4H3. The van der Waals surface area contributed by atoms with Crippen LogP contribution in [-0.2, 0) is 9.53 Å². The molecule has 98 valence electrons. The molecule has 0 amide bonds. The molecule has 1 aromatic rings. The number of ether oxygens (including phenoxy) is 2. The van der Waals surface area contributed by atoms with E-state index in [1.165, 1.54) is 6.08 Å². The average molecular weight is 248 g/mol. The summed E-state index contributed by atoms with van der Waals surface area (Å²) >= 11 is 0. The first-order valence-corrected chi connectivity index (χ1v) is 6.04. The van der Waals surface area contributed by atoms with Gasteiger partial charge in [-0.05, 0) is 51.5 Å². The van der Waals surface area contributed by atoms with Gasteiger partial charge in [-0.15, -0.1) is 0 Å². The quantitative estimate of drug-likeness (QED) is 0.605. The molecular formula is C15H20O3. The summed E-state index contributed by atoms with van der Waals surface area (Å²) in [5, 5.41) is 0. The summed E-state index contributed by atoms with van der Waals surface area (Å²) in [7, 11) is 0. The van der Waals surface area contributed by atoms with Gasteiger partial charge in [-0.1, -0.05) is 12.1 Å². The zero-order chi connectivity index (χ0) is 13.6. The van der Waals surface area contributed by atoms with Crippen LogP contribution < -0.4 is 4.74 Å². The van der Waals surface area contributed by atoms with Crippen molar-refractivity contribution in [1.82, 2.24) is 0 Å². The van der Waals surface area contributed by atoms with Gasteiger partial charge in [0.2, 0.25) is 0 Å². The van der Waals surface area contributed by atoms with E-state index < -0.39 is 0 Å². The van der Waals surface area contributed by atoms with E-state index in [-0.39, 0.29) is 11.6 Å². The third kappa shape index (κ3) is 5.53. The van der Waals surface area contributed by atoms with Crippen LogP contribution >= 0.6 is 0 Å². The second-order valence-electron chi connectivity index (χ2n) is 4.87. The Morgan fingerprint density at radius 2 is 1.83 bits per heavy atom. The zero-order valence-electron chi connectivity index (χ0n) is 11.4. The van der Waals surface area contributed by atoms with Crippen LogP contribution in [0, 0.1) is 0 Å². The van der Waals surface area contributed by atoms with Gasteiger partial charge >= 0.3 is 5.97 Å². The highest BCUT2D eigenvalue weighted by Crippen LogP contribution is 2.18. The van der Waals surface area contributed by atoms with E-state index >= 15 is 0 Å². The van der Waals surface area contributed by atoms with Crippen molar-refractivity contribution in [2.75, 3.05) is 6.61 Å². The fourth-order valence-electron chi connectivity index (χ4n) is 1.36. The summed E-state index contributed by atoms with van der Waals surface area (Å²) < 4.78 is 10.5. The third-order valence-corrected chi connectivity index (χ3v) is 2.00. The van der Waals surface area contributed by atoms with E-state index in [1.54, 1.807) is 13.0 Å². The molecule has 0 saturated heterocycles. The number of hydrogen-bond acceptors (Lipinski definition) is 3. The zero-order valence-corrected chi connectivity index (χ0v) is 11.4. The van der Waals surface area contributed by atoms with Crippen molar-refractivity contribution in [1.29, 1.82) is 0 Å². The minimum absolute atomic E-state index is 0.206. The Labute approximate surface area is 108 Å². The highest BCUT2D eigenvalue weighted by Gasteiger charge is 2.10. The van der Waals surface area contributed by atoms with Gasteiger partial charge < -0.3 is 9.47 Å². The lowest BCUT2D eigenvalue weighted by atomic mass is 10.1. The second kappa shape index (κ2) is 6.24. The monoisotopic (exact) mass is 248 g/mol. The maximum absolute atomic E-state index is 11.1. The molecule has 0 spiro atoms. The molecule has 0 bridgehead atoms. The van der Waals surface area contributed by atoms with Crippen molar-refractivity contribution >= 4 is 12.0 Å². The first kappa shape index (κ1) is 14.3. The Balaban J connectivity index is 2.63. The number of carbonyl (C=O) groups excluding carboxylic acids is 1. The maximum atomic E-state index is 11.1. The topological polar surface area (TPSA) is 35.5 Å². The smallest absolute Gasteiger partial charge is 0.330 e. The van der Waals surface area contributed by atoms with Gasteiger partial charge in [0.1, 0.15) is 11.4 Å². The van der Waals surface area contributed by atoms with Crippen LogP contribution in [0.2, 0.25) is 0 Å². The fourth-order valence-corrected chi connectivity index (χ4v) is 1.36. The maximum Gasteiger partial charge on any atom is 0.330 e. The summed E-state index contributed by atoms with van der Waals surface area (Å²) in [6.07, 6.45) is 3.14. The van der Waals surface area contributed by atoms with E-state index in [0.29, 0.717) is 6.61 Å². The molecular weight excluding hydrogens is 228 g/mol. The van der Waals surface area contributed by atoms with Gasteiger partial charge in [-0.3, -0.25) is 0 Å². The lowest BCUT2D eigenvalue weighted by molar-refractivity contribution is -0.137. The van der Waals surface area contributed by atoms with Crippen LogP contribution in [0.15, 0.2) is 30.3 Å². The number of hydrogen-bond donors (Lipinski definition) is 0. The van der Waals surface area contributed by atoms with Crippen molar-refractivity contribution in [3.8, 4) is 5.75 Å². The second-order valence-corrected chi connectivity index (χ2v) is 4.87. The molecule has 0 unspecified atom stereocenters. The van der Waals surface area contributed by atoms with Crippen molar-refractivity contribution < 1.29 is 14.3 Å². The highest BCUT2D eigenvalue weighted by molar-refractivity contribution is 5.87. The highest BCUT2D eigenvalue weighted by atomic mass is 16.5. The summed E-state index contributed by atoms with van der Waals surface area (Å²) in [5.41, 5.74) is 0.728. The van der Waals surface area contributed by atoms with Gasteiger partial charge in [0, 0.05) is 6.08 Å². The van der Waals surface area contributed by atoms with Crippen LogP contribution in [0.25, 0.3) is 6.08 Å². The van der Waals surface area contributed by atoms with Gasteiger partial charge in [0.15, 0.2) is 0 Å². The number of carbonyl (C=O) groups is 1. The molecule has 0 N–H and O–H groups in total. The van der Waals surface area contributed by atoms with Crippen LogP contribution in [-0.4, -0.2) is 18.2 Å². The molecule has 3 heteroatoms. The summed E-state index contributed by atoms with van der Waals surface area (Å²) in [6, 6.07) is 7.57. The van der Waals surface area contributed by atoms with Crippen LogP contribution in [0.3, 0.4) is 0 Å². The van der Waals surface area contributed by atoms with Crippen molar-refractivity contribution in [3.63, 3.8) is 0 Å². The Bertz CT molecular complexity index is 410. The summed E-state index contributed by atoms with van der Waals surface area (Å²) in [4.78, 5) is 11.1. The van der Waals surface area contributed by atoms with E-state index in [0.717, 1.165) is 11.3 Å². The predicted molar refractivity (Wildman–Crippen MR) is 72.5 cm³/mol. The molecule has 1 rings (SSSR count). The SMILES string of the molecule is CCOC(=O)C=Cc1ccc(OC(C)(C)C)cc1. The van der Waals surface area contributed by atoms with E-state index in [2.05, 4.69) is 0 Å². The molecule has 0 aliphatic rings. The molecule has 0 aliphatic heterocycles. The molecule has 0 fully saturated rings. The first-order valence-electron chi connectivity index (χ1n) is 6.04. The van der Waals surface area contributed by atoms with Crippen LogP contribution in [0.4, 0.5) is 0 Å². The lowest BCUT2D eigenvalue weighted by Gasteiger charge is -2.21. The van der Waals surface area contributed by atoms with E-state index in [4.69, 9.17) is 9.47 Å². The Kier molecular flexibility index (Phi) is 4.95. The lowest BCUT2D eigenvalue weighted by Crippen LogP contribution is -2.22. The fraction of sp³-hybridized carbons (Fsp3) is 0.400. The molecule has 0 aliphatic carbocycles. The van der Waals surface area contributed by atoms with Crippen molar-refractivity contribution in [3.05, 3.63) is 35.9 Å². The largest absolute Gasteiger partial charge is 0.488 e. The first-order chi connectivity index (χ1) is 8.40. The van der Waals surface area contributed by atoms with E-state index in [9.17, 15) is 4.79 Å². The van der Waals surface area contributed by atoms with Crippen molar-refractivity contribution in [2.45, 2.75) is 33.3 Å². The van der Waals surface area contributed by atoms with Crippen molar-refractivity contribution in [2.24, 2.45) is 0 Å². The number of benzene rings is 1. The molecule has 18 heavy (non-hydrogen) atoms.